The first-order valence-electron chi connectivity index (χ1n) is 4.57. The lowest BCUT2D eigenvalue weighted by Crippen LogP contribution is -2.40. The molecule has 2 N–H and O–H groups in total. The van der Waals surface area contributed by atoms with E-state index in [4.69, 9.17) is 5.11 Å². The van der Waals surface area contributed by atoms with Gasteiger partial charge in [0.1, 0.15) is 6.04 Å². The fraction of sp³-hybridized carbons (Fsp3) is 0.444. The predicted octanol–water partition coefficient (Wildman–Crippen LogP) is 0.0131. The molecule has 0 aliphatic heterocycles. The summed E-state index contributed by atoms with van der Waals surface area (Å²) in [6.07, 6.45) is 3.27. The minimum absolute atomic E-state index is 0.349. The maximum absolute atomic E-state index is 11.5. The lowest BCUT2D eigenvalue weighted by atomic mass is 10.2. The Balaban J connectivity index is 2.66. The molecule has 1 aromatic heterocycles. The first kappa shape index (κ1) is 11.2. The molecule has 0 bridgehead atoms. The summed E-state index contributed by atoms with van der Waals surface area (Å²) in [6, 6.07) is -0.849. The van der Waals surface area contributed by atoms with Gasteiger partial charge in [-0.15, -0.1) is 0 Å². The van der Waals surface area contributed by atoms with Gasteiger partial charge in [0.15, 0.2) is 0 Å². The summed E-state index contributed by atoms with van der Waals surface area (Å²) in [5.41, 5.74) is 0.359. The van der Waals surface area contributed by atoms with Crippen molar-refractivity contribution in [1.82, 2.24) is 15.1 Å². The summed E-state index contributed by atoms with van der Waals surface area (Å²) in [5, 5.41) is 15.0. The average Bonchev–Trinajstić information content (AvgIpc) is 2.60. The molecule has 1 atom stereocenters. The Labute approximate surface area is 86.9 Å². The molecule has 0 aliphatic rings. The smallest absolute Gasteiger partial charge is 0.326 e. The number of nitrogens with one attached hydrogen (secondary N) is 1. The van der Waals surface area contributed by atoms with E-state index in [0.29, 0.717) is 12.0 Å². The number of amides is 1. The van der Waals surface area contributed by atoms with Crippen LogP contribution in [0.4, 0.5) is 0 Å². The summed E-state index contributed by atoms with van der Waals surface area (Å²) in [6.45, 7) is 1.70. The summed E-state index contributed by atoms with van der Waals surface area (Å²) < 4.78 is 1.48. The van der Waals surface area contributed by atoms with E-state index < -0.39 is 17.9 Å². The summed E-state index contributed by atoms with van der Waals surface area (Å²) in [7, 11) is 1.69. The zero-order valence-electron chi connectivity index (χ0n) is 8.60. The molecule has 0 spiro atoms. The van der Waals surface area contributed by atoms with Crippen LogP contribution in [-0.2, 0) is 11.8 Å². The summed E-state index contributed by atoms with van der Waals surface area (Å²) in [4.78, 5) is 22.2. The van der Waals surface area contributed by atoms with E-state index in [0.717, 1.165) is 0 Å². The van der Waals surface area contributed by atoms with E-state index in [9.17, 15) is 9.59 Å². The van der Waals surface area contributed by atoms with Crippen LogP contribution in [0, 0.1) is 0 Å². The molecular weight excluding hydrogens is 198 g/mol. The Kier molecular flexibility index (Phi) is 3.43. The van der Waals surface area contributed by atoms with Crippen LogP contribution in [0.2, 0.25) is 0 Å². The molecule has 6 nitrogen and oxygen atoms in total. The third kappa shape index (κ3) is 2.80. The van der Waals surface area contributed by atoms with Gasteiger partial charge in [-0.05, 0) is 6.42 Å². The third-order valence-corrected chi connectivity index (χ3v) is 1.98. The normalized spacial score (nSPS) is 12.1. The first-order valence-corrected chi connectivity index (χ1v) is 4.57. The standard InChI is InChI=1S/C9H13N3O3/c1-3-7(9(14)15)11-8(13)6-4-10-12(2)5-6/h4-5,7H,3H2,1-2H3,(H,11,13)(H,14,15)/t7-/m0/s1. The minimum atomic E-state index is -1.03. The number of aliphatic carboxylic acids is 1. The maximum Gasteiger partial charge on any atom is 0.326 e. The highest BCUT2D eigenvalue weighted by Gasteiger charge is 2.18. The molecule has 0 fully saturated rings. The van der Waals surface area contributed by atoms with Crippen molar-refractivity contribution in [2.75, 3.05) is 0 Å². The number of carbonyl (C=O) groups is 2. The Morgan fingerprint density at radius 2 is 2.33 bits per heavy atom. The number of hydrogen-bond donors (Lipinski definition) is 2. The van der Waals surface area contributed by atoms with Crippen LogP contribution in [0.15, 0.2) is 12.4 Å². The van der Waals surface area contributed by atoms with Gasteiger partial charge >= 0.3 is 5.97 Å². The largest absolute Gasteiger partial charge is 0.480 e. The fourth-order valence-corrected chi connectivity index (χ4v) is 1.12. The average molecular weight is 211 g/mol. The van der Waals surface area contributed by atoms with E-state index in [1.165, 1.54) is 17.1 Å². The minimum Gasteiger partial charge on any atom is -0.480 e. The van der Waals surface area contributed by atoms with Gasteiger partial charge in [0.25, 0.3) is 5.91 Å². The molecule has 0 aromatic carbocycles. The maximum atomic E-state index is 11.5. The van der Waals surface area contributed by atoms with Gasteiger partial charge in [-0.2, -0.15) is 5.10 Å². The lowest BCUT2D eigenvalue weighted by molar-refractivity contribution is -0.139. The molecule has 82 valence electrons. The first-order chi connectivity index (χ1) is 7.04. The van der Waals surface area contributed by atoms with E-state index in [2.05, 4.69) is 10.4 Å². The number of aromatic nitrogens is 2. The van der Waals surface area contributed by atoms with Crippen LogP contribution in [0.1, 0.15) is 23.7 Å². The van der Waals surface area contributed by atoms with Crippen molar-refractivity contribution in [3.05, 3.63) is 18.0 Å². The van der Waals surface area contributed by atoms with Crippen molar-refractivity contribution < 1.29 is 14.7 Å². The van der Waals surface area contributed by atoms with Crippen molar-refractivity contribution in [2.24, 2.45) is 7.05 Å². The molecule has 6 heteroatoms. The van der Waals surface area contributed by atoms with Crippen LogP contribution in [-0.4, -0.2) is 32.8 Å². The van der Waals surface area contributed by atoms with E-state index in [1.807, 2.05) is 0 Å². The number of aryl methyl sites for hydroxylation is 1. The SMILES string of the molecule is CC[C@H](NC(=O)c1cnn(C)c1)C(=O)O. The van der Waals surface area contributed by atoms with Crippen LogP contribution >= 0.6 is 0 Å². The highest BCUT2D eigenvalue weighted by molar-refractivity contribution is 5.96. The number of carboxylic acids is 1. The molecule has 0 saturated heterocycles. The van der Waals surface area contributed by atoms with Crippen molar-refractivity contribution >= 4 is 11.9 Å². The second-order valence-electron chi connectivity index (χ2n) is 3.18. The predicted molar refractivity (Wildman–Crippen MR) is 52.4 cm³/mol. The van der Waals surface area contributed by atoms with E-state index in [-0.39, 0.29) is 0 Å². The Bertz CT molecular complexity index is 372. The fourth-order valence-electron chi connectivity index (χ4n) is 1.12. The molecular formula is C9H13N3O3. The molecule has 0 aliphatic carbocycles. The van der Waals surface area contributed by atoms with Crippen molar-refractivity contribution in [3.63, 3.8) is 0 Å². The second-order valence-corrected chi connectivity index (χ2v) is 3.18. The molecule has 0 radical (unpaired) electrons. The number of carbonyl (C=O) groups excluding carboxylic acids is 1. The Morgan fingerprint density at radius 3 is 2.73 bits per heavy atom. The molecule has 0 saturated carbocycles. The number of carboxylic acid groups (broad SMARTS) is 1. The van der Waals surface area contributed by atoms with Crippen LogP contribution < -0.4 is 5.32 Å². The molecule has 1 amide bonds. The van der Waals surface area contributed by atoms with Gasteiger partial charge in [-0.3, -0.25) is 9.48 Å². The van der Waals surface area contributed by atoms with Gasteiger partial charge in [-0.25, -0.2) is 4.79 Å². The highest BCUT2D eigenvalue weighted by atomic mass is 16.4. The van der Waals surface area contributed by atoms with Crippen molar-refractivity contribution in [3.8, 4) is 0 Å². The van der Waals surface area contributed by atoms with Crippen LogP contribution in [0.5, 0.6) is 0 Å². The molecule has 1 heterocycles. The van der Waals surface area contributed by atoms with E-state index >= 15 is 0 Å². The number of nitrogens with zero attached hydrogens (tertiary/aromatic N) is 2. The molecule has 0 unspecified atom stereocenters. The molecule has 1 rings (SSSR count). The number of rotatable bonds is 4. The lowest BCUT2D eigenvalue weighted by Gasteiger charge is -2.10. The van der Waals surface area contributed by atoms with Gasteiger partial charge in [0.2, 0.25) is 0 Å². The van der Waals surface area contributed by atoms with Crippen molar-refractivity contribution in [2.45, 2.75) is 19.4 Å². The molecule has 1 aromatic rings. The third-order valence-electron chi connectivity index (χ3n) is 1.98. The second kappa shape index (κ2) is 4.59. The van der Waals surface area contributed by atoms with Crippen LogP contribution in [0.3, 0.4) is 0 Å². The van der Waals surface area contributed by atoms with Gasteiger partial charge in [-0.1, -0.05) is 6.92 Å². The quantitative estimate of drug-likeness (QED) is 0.735. The highest BCUT2D eigenvalue weighted by Crippen LogP contribution is 1.98. The van der Waals surface area contributed by atoms with Gasteiger partial charge < -0.3 is 10.4 Å². The van der Waals surface area contributed by atoms with E-state index in [1.54, 1.807) is 14.0 Å². The zero-order valence-corrected chi connectivity index (χ0v) is 8.60. The summed E-state index contributed by atoms with van der Waals surface area (Å²) in [5.74, 6) is -1.45. The zero-order chi connectivity index (χ0) is 11.4. The monoisotopic (exact) mass is 211 g/mol. The van der Waals surface area contributed by atoms with Gasteiger partial charge in [0, 0.05) is 13.2 Å². The van der Waals surface area contributed by atoms with Crippen LogP contribution in [0.25, 0.3) is 0 Å². The van der Waals surface area contributed by atoms with Gasteiger partial charge in [0.05, 0.1) is 11.8 Å². The Morgan fingerprint density at radius 1 is 1.67 bits per heavy atom. The number of hydrogen-bond acceptors (Lipinski definition) is 3. The molecule has 15 heavy (non-hydrogen) atoms. The van der Waals surface area contributed by atoms with Crippen molar-refractivity contribution in [1.29, 1.82) is 0 Å². The Hall–Kier alpha value is -1.85. The topological polar surface area (TPSA) is 84.2 Å². The summed E-state index contributed by atoms with van der Waals surface area (Å²) >= 11 is 0.